The van der Waals surface area contributed by atoms with E-state index in [-0.39, 0.29) is 5.78 Å². The highest BCUT2D eigenvalue weighted by molar-refractivity contribution is 7.92. The lowest BCUT2D eigenvalue weighted by Gasteiger charge is -2.16. The number of ketones is 1. The molecular formula is C19H22N2O5S. The first-order valence-electron chi connectivity index (χ1n) is 8.11. The molecule has 2 aromatic rings. The van der Waals surface area contributed by atoms with Crippen LogP contribution in [-0.4, -0.2) is 54.2 Å². The predicted octanol–water partition coefficient (Wildman–Crippen LogP) is 2.19. The van der Waals surface area contributed by atoms with Crippen LogP contribution in [0.3, 0.4) is 0 Å². The summed E-state index contributed by atoms with van der Waals surface area (Å²) >= 11 is 0. The number of carbonyl (C=O) groups is 2. The number of Topliss-reactive ketones (excluding diaryl/α,β-unsaturated/α-hetero) is 1. The lowest BCUT2D eigenvalue weighted by atomic mass is 10.1. The van der Waals surface area contributed by atoms with Gasteiger partial charge in [0.15, 0.2) is 12.4 Å². The average Bonchev–Trinajstić information content (AvgIpc) is 2.64. The molecule has 0 N–H and O–H groups in total. The SMILES string of the molecule is CN(C)c1cccc(C(=O)OCC(=O)c2ccc(N(C)S(C)(=O)=O)cc2)c1. The zero-order valence-electron chi connectivity index (χ0n) is 15.7. The number of ether oxygens (including phenoxy) is 1. The van der Waals surface area contributed by atoms with Crippen LogP contribution in [0.1, 0.15) is 20.7 Å². The number of carbonyl (C=O) groups excluding carboxylic acids is 2. The van der Waals surface area contributed by atoms with Crippen molar-refractivity contribution in [3.63, 3.8) is 0 Å². The average molecular weight is 390 g/mol. The van der Waals surface area contributed by atoms with Crippen molar-refractivity contribution in [3.8, 4) is 0 Å². The van der Waals surface area contributed by atoms with Gasteiger partial charge in [0.05, 0.1) is 17.5 Å². The molecule has 27 heavy (non-hydrogen) atoms. The monoisotopic (exact) mass is 390 g/mol. The number of nitrogens with zero attached hydrogens (tertiary/aromatic N) is 2. The molecule has 0 saturated carbocycles. The molecule has 2 aromatic carbocycles. The van der Waals surface area contributed by atoms with Gasteiger partial charge in [-0.1, -0.05) is 6.07 Å². The van der Waals surface area contributed by atoms with Crippen LogP contribution in [0.4, 0.5) is 11.4 Å². The molecule has 0 bridgehead atoms. The number of hydrogen-bond acceptors (Lipinski definition) is 6. The largest absolute Gasteiger partial charge is 0.454 e. The Morgan fingerprint density at radius 1 is 0.926 bits per heavy atom. The van der Waals surface area contributed by atoms with Gasteiger partial charge in [-0.2, -0.15) is 0 Å². The molecule has 8 heteroatoms. The molecule has 7 nitrogen and oxygen atoms in total. The van der Waals surface area contributed by atoms with E-state index in [0.29, 0.717) is 16.8 Å². The summed E-state index contributed by atoms with van der Waals surface area (Å²) in [5.41, 5.74) is 1.97. The minimum absolute atomic E-state index is 0.329. The first-order valence-corrected chi connectivity index (χ1v) is 9.96. The van der Waals surface area contributed by atoms with Crippen molar-refractivity contribution in [2.24, 2.45) is 0 Å². The van der Waals surface area contributed by atoms with Gasteiger partial charge in [0.2, 0.25) is 10.0 Å². The molecular weight excluding hydrogens is 368 g/mol. The molecule has 0 aromatic heterocycles. The molecule has 0 fully saturated rings. The minimum atomic E-state index is -3.38. The van der Waals surface area contributed by atoms with Gasteiger partial charge in [-0.3, -0.25) is 9.10 Å². The van der Waals surface area contributed by atoms with Gasteiger partial charge in [0.1, 0.15) is 0 Å². The summed E-state index contributed by atoms with van der Waals surface area (Å²) in [5.74, 6) is -0.957. The molecule has 2 rings (SSSR count). The molecule has 0 aliphatic rings. The molecule has 0 heterocycles. The van der Waals surface area contributed by atoms with E-state index in [1.54, 1.807) is 18.2 Å². The van der Waals surface area contributed by atoms with Gasteiger partial charge < -0.3 is 9.64 Å². The van der Waals surface area contributed by atoms with Gasteiger partial charge in [-0.25, -0.2) is 13.2 Å². The van der Waals surface area contributed by atoms with Gasteiger partial charge in [-0.05, 0) is 42.5 Å². The Morgan fingerprint density at radius 3 is 2.11 bits per heavy atom. The summed E-state index contributed by atoms with van der Waals surface area (Å²) in [6, 6.07) is 13.0. The van der Waals surface area contributed by atoms with E-state index in [1.807, 2.05) is 25.1 Å². The summed E-state index contributed by atoms with van der Waals surface area (Å²) in [4.78, 5) is 26.2. The van der Waals surface area contributed by atoms with E-state index in [1.165, 1.54) is 31.3 Å². The number of hydrogen-bond donors (Lipinski definition) is 0. The van der Waals surface area contributed by atoms with E-state index in [4.69, 9.17) is 4.74 Å². The van der Waals surface area contributed by atoms with Crippen molar-refractivity contribution in [3.05, 3.63) is 59.7 Å². The van der Waals surface area contributed by atoms with Crippen molar-refractivity contribution in [1.82, 2.24) is 0 Å². The molecule has 0 spiro atoms. The smallest absolute Gasteiger partial charge is 0.338 e. The lowest BCUT2D eigenvalue weighted by Crippen LogP contribution is -2.24. The van der Waals surface area contributed by atoms with Crippen LogP contribution >= 0.6 is 0 Å². The fraction of sp³-hybridized carbons (Fsp3) is 0.263. The summed E-state index contributed by atoms with van der Waals surface area (Å²) < 4.78 is 29.3. The second-order valence-corrected chi connectivity index (χ2v) is 8.24. The maximum Gasteiger partial charge on any atom is 0.338 e. The summed E-state index contributed by atoms with van der Waals surface area (Å²) in [6.07, 6.45) is 1.09. The van der Waals surface area contributed by atoms with E-state index in [0.717, 1.165) is 16.2 Å². The van der Waals surface area contributed by atoms with Crippen LogP contribution in [0.5, 0.6) is 0 Å². The van der Waals surface area contributed by atoms with Crippen molar-refractivity contribution < 1.29 is 22.7 Å². The van der Waals surface area contributed by atoms with Crippen LogP contribution in [0.15, 0.2) is 48.5 Å². The maximum atomic E-state index is 12.2. The Balaban J connectivity index is 2.01. The number of benzene rings is 2. The number of esters is 1. The molecule has 0 aliphatic heterocycles. The third-order valence-electron chi connectivity index (χ3n) is 3.98. The number of anilines is 2. The van der Waals surface area contributed by atoms with E-state index >= 15 is 0 Å². The molecule has 0 amide bonds. The van der Waals surface area contributed by atoms with Crippen molar-refractivity contribution in [1.29, 1.82) is 0 Å². The Morgan fingerprint density at radius 2 is 1.56 bits per heavy atom. The minimum Gasteiger partial charge on any atom is -0.454 e. The maximum absolute atomic E-state index is 12.2. The van der Waals surface area contributed by atoms with Gasteiger partial charge >= 0.3 is 5.97 Å². The third kappa shape index (κ3) is 5.30. The zero-order chi connectivity index (χ0) is 20.2. The molecule has 0 unspecified atom stereocenters. The predicted molar refractivity (Wildman–Crippen MR) is 105 cm³/mol. The van der Waals surface area contributed by atoms with E-state index in [9.17, 15) is 18.0 Å². The third-order valence-corrected chi connectivity index (χ3v) is 5.19. The zero-order valence-corrected chi connectivity index (χ0v) is 16.5. The Kier molecular flexibility index (Phi) is 6.22. The van der Waals surface area contributed by atoms with Crippen LogP contribution in [0.25, 0.3) is 0 Å². The molecule has 0 saturated heterocycles. The molecule has 0 aliphatic carbocycles. The quantitative estimate of drug-likeness (QED) is 0.532. The van der Waals surface area contributed by atoms with Crippen molar-refractivity contribution in [2.75, 3.05) is 43.2 Å². The second-order valence-electron chi connectivity index (χ2n) is 6.22. The number of rotatable bonds is 7. The normalized spacial score (nSPS) is 11.0. The Bertz CT molecular complexity index is 937. The van der Waals surface area contributed by atoms with E-state index < -0.39 is 22.6 Å². The van der Waals surface area contributed by atoms with Gasteiger partial charge in [-0.15, -0.1) is 0 Å². The van der Waals surface area contributed by atoms with Gasteiger partial charge in [0.25, 0.3) is 0 Å². The highest BCUT2D eigenvalue weighted by Gasteiger charge is 2.15. The van der Waals surface area contributed by atoms with Crippen molar-refractivity contribution >= 4 is 33.2 Å². The fourth-order valence-corrected chi connectivity index (χ4v) is 2.76. The van der Waals surface area contributed by atoms with Crippen LogP contribution in [0.2, 0.25) is 0 Å². The number of sulfonamides is 1. The fourth-order valence-electron chi connectivity index (χ4n) is 2.26. The van der Waals surface area contributed by atoms with Crippen LogP contribution in [0, 0.1) is 0 Å². The Labute approximate surface area is 159 Å². The summed E-state index contributed by atoms with van der Waals surface area (Å²) in [5, 5.41) is 0. The van der Waals surface area contributed by atoms with E-state index in [2.05, 4.69) is 0 Å². The highest BCUT2D eigenvalue weighted by Crippen LogP contribution is 2.17. The summed E-state index contributed by atoms with van der Waals surface area (Å²) in [7, 11) is 1.77. The van der Waals surface area contributed by atoms with Crippen LogP contribution < -0.4 is 9.21 Å². The van der Waals surface area contributed by atoms with Gasteiger partial charge in [0, 0.05) is 32.4 Å². The summed E-state index contributed by atoms with van der Waals surface area (Å²) in [6.45, 7) is -0.397. The topological polar surface area (TPSA) is 84.0 Å². The molecule has 0 radical (unpaired) electrons. The van der Waals surface area contributed by atoms with Crippen molar-refractivity contribution in [2.45, 2.75) is 0 Å². The standard InChI is InChI=1S/C19H22N2O5S/c1-20(2)17-7-5-6-15(12-17)19(23)26-13-18(22)14-8-10-16(11-9-14)21(3)27(4,24)25/h5-12H,13H2,1-4H3. The highest BCUT2D eigenvalue weighted by atomic mass is 32.2. The molecule has 0 atom stereocenters. The second kappa shape index (κ2) is 8.22. The first kappa shape index (κ1) is 20.4. The lowest BCUT2D eigenvalue weighted by molar-refractivity contribution is 0.0475. The Hall–Kier alpha value is -2.87. The molecule has 144 valence electrons. The van der Waals surface area contributed by atoms with Crippen LogP contribution in [-0.2, 0) is 14.8 Å². The first-order chi connectivity index (χ1) is 12.6.